The predicted octanol–water partition coefficient (Wildman–Crippen LogP) is 3.28. The third kappa shape index (κ3) is 2.34. The summed E-state index contributed by atoms with van der Waals surface area (Å²) in [5.41, 5.74) is 1.63. The van der Waals surface area contributed by atoms with E-state index >= 15 is 0 Å². The number of benzene rings is 1. The van der Waals surface area contributed by atoms with Gasteiger partial charge in [0.2, 0.25) is 5.82 Å². The minimum Gasteiger partial charge on any atom is -0.460 e. The van der Waals surface area contributed by atoms with E-state index in [-0.39, 0.29) is 0 Å². The normalized spacial score (nSPS) is 10.8. The van der Waals surface area contributed by atoms with Crippen LogP contribution >= 0.6 is 11.6 Å². The Balaban J connectivity index is 2.57. The highest BCUT2D eigenvalue weighted by atomic mass is 35.5. The smallest absolute Gasteiger partial charge is 0.374 e. The largest absolute Gasteiger partial charge is 0.460 e. The third-order valence-corrected chi connectivity index (χ3v) is 2.85. The number of rotatable bonds is 4. The molecule has 18 heavy (non-hydrogen) atoms. The molecule has 0 radical (unpaired) electrons. The van der Waals surface area contributed by atoms with E-state index in [1.807, 2.05) is 23.6 Å². The van der Waals surface area contributed by atoms with Gasteiger partial charge < -0.3 is 9.30 Å². The third-order valence-electron chi connectivity index (χ3n) is 2.62. The summed E-state index contributed by atoms with van der Waals surface area (Å²) >= 11 is 5.98. The van der Waals surface area contributed by atoms with Gasteiger partial charge in [0, 0.05) is 11.6 Å². The summed E-state index contributed by atoms with van der Waals surface area (Å²) in [7, 11) is 0. The summed E-state index contributed by atoms with van der Waals surface area (Å²) in [6.45, 7) is 4.88. The summed E-state index contributed by atoms with van der Waals surface area (Å²) in [6.07, 6.45) is 0.907. The maximum atomic E-state index is 11.9. The van der Waals surface area contributed by atoms with Crippen molar-refractivity contribution in [3.8, 4) is 0 Å². The molecule has 0 atom stereocenters. The van der Waals surface area contributed by atoms with Crippen LogP contribution in [0.3, 0.4) is 0 Å². The monoisotopic (exact) mass is 266 g/mol. The van der Waals surface area contributed by atoms with Crippen molar-refractivity contribution >= 4 is 28.6 Å². The number of hydrogen-bond donors (Lipinski definition) is 0. The van der Waals surface area contributed by atoms with Gasteiger partial charge in [0.1, 0.15) is 0 Å². The van der Waals surface area contributed by atoms with Gasteiger partial charge in [0.25, 0.3) is 0 Å². The van der Waals surface area contributed by atoms with Crippen LogP contribution in [0.2, 0.25) is 5.02 Å². The Bertz CT molecular complexity index is 578. The van der Waals surface area contributed by atoms with E-state index in [0.29, 0.717) is 24.0 Å². The molecule has 96 valence electrons. The highest BCUT2D eigenvalue weighted by Crippen LogP contribution is 2.21. The van der Waals surface area contributed by atoms with Gasteiger partial charge in [-0.15, -0.1) is 0 Å². The number of carbonyl (C=O) groups is 1. The maximum Gasteiger partial charge on any atom is 0.374 e. The number of imidazole rings is 1. The summed E-state index contributed by atoms with van der Waals surface area (Å²) < 4.78 is 6.88. The van der Waals surface area contributed by atoms with Crippen LogP contribution in [0, 0.1) is 0 Å². The number of carbonyl (C=O) groups excluding carboxylic acids is 1. The fourth-order valence-corrected chi connectivity index (χ4v) is 2.06. The average Bonchev–Trinajstić information content (AvgIpc) is 2.69. The molecule has 0 fully saturated rings. The second-order valence-corrected chi connectivity index (χ2v) is 4.38. The van der Waals surface area contributed by atoms with Crippen molar-refractivity contribution in [1.82, 2.24) is 9.55 Å². The van der Waals surface area contributed by atoms with Gasteiger partial charge in [-0.1, -0.05) is 18.5 Å². The molecular weight excluding hydrogens is 252 g/mol. The number of aromatic nitrogens is 2. The molecule has 1 heterocycles. The molecule has 0 bridgehead atoms. The van der Waals surface area contributed by atoms with Crippen LogP contribution in [0.15, 0.2) is 18.2 Å². The van der Waals surface area contributed by atoms with Crippen LogP contribution in [0.4, 0.5) is 0 Å². The number of halogens is 1. The molecule has 0 aliphatic rings. The molecule has 0 spiro atoms. The van der Waals surface area contributed by atoms with Gasteiger partial charge in [0.05, 0.1) is 17.6 Å². The predicted molar refractivity (Wildman–Crippen MR) is 71.0 cm³/mol. The van der Waals surface area contributed by atoms with E-state index in [1.54, 1.807) is 13.0 Å². The van der Waals surface area contributed by atoms with Crippen LogP contribution in [-0.4, -0.2) is 22.1 Å². The molecule has 0 unspecified atom stereocenters. The maximum absolute atomic E-state index is 11.9. The SMILES string of the molecule is CCCn1c(C(=O)OCC)nc2ccc(Cl)cc21. The Morgan fingerprint density at radius 3 is 2.89 bits per heavy atom. The Labute approximate surface area is 111 Å². The van der Waals surface area contributed by atoms with Gasteiger partial charge in [-0.25, -0.2) is 9.78 Å². The lowest BCUT2D eigenvalue weighted by molar-refractivity contribution is 0.0507. The van der Waals surface area contributed by atoms with E-state index in [2.05, 4.69) is 4.98 Å². The van der Waals surface area contributed by atoms with Crippen molar-refractivity contribution in [3.63, 3.8) is 0 Å². The van der Waals surface area contributed by atoms with Crippen LogP contribution in [0.5, 0.6) is 0 Å². The number of esters is 1. The number of ether oxygens (including phenoxy) is 1. The van der Waals surface area contributed by atoms with Gasteiger partial charge in [-0.3, -0.25) is 0 Å². The van der Waals surface area contributed by atoms with Crippen molar-refractivity contribution in [2.45, 2.75) is 26.8 Å². The van der Waals surface area contributed by atoms with E-state index in [4.69, 9.17) is 16.3 Å². The fraction of sp³-hybridized carbons (Fsp3) is 0.385. The zero-order valence-electron chi connectivity index (χ0n) is 10.4. The lowest BCUT2D eigenvalue weighted by Crippen LogP contribution is -2.13. The summed E-state index contributed by atoms with van der Waals surface area (Å²) in [5, 5.41) is 0.634. The topological polar surface area (TPSA) is 44.1 Å². The number of fused-ring (bicyclic) bond motifs is 1. The van der Waals surface area contributed by atoms with Gasteiger partial charge in [-0.2, -0.15) is 0 Å². The van der Waals surface area contributed by atoms with Gasteiger partial charge in [0.15, 0.2) is 0 Å². The van der Waals surface area contributed by atoms with E-state index in [1.165, 1.54) is 0 Å². The first-order valence-electron chi connectivity index (χ1n) is 6.00. The van der Waals surface area contributed by atoms with Crippen LogP contribution in [0.25, 0.3) is 11.0 Å². The van der Waals surface area contributed by atoms with Crippen molar-refractivity contribution < 1.29 is 9.53 Å². The molecule has 4 nitrogen and oxygen atoms in total. The highest BCUT2D eigenvalue weighted by molar-refractivity contribution is 6.31. The van der Waals surface area contributed by atoms with Crippen LogP contribution in [0.1, 0.15) is 30.9 Å². The van der Waals surface area contributed by atoms with Gasteiger partial charge >= 0.3 is 5.97 Å². The van der Waals surface area contributed by atoms with E-state index in [9.17, 15) is 4.79 Å². The van der Waals surface area contributed by atoms with Gasteiger partial charge in [-0.05, 0) is 31.5 Å². The standard InChI is InChI=1S/C13H15ClN2O2/c1-3-7-16-11-8-9(14)5-6-10(11)15-12(16)13(17)18-4-2/h5-6,8H,3-4,7H2,1-2H3. The Hall–Kier alpha value is -1.55. The number of hydrogen-bond acceptors (Lipinski definition) is 3. The first-order chi connectivity index (χ1) is 8.67. The molecule has 0 amide bonds. The molecule has 5 heteroatoms. The molecule has 0 saturated heterocycles. The fourth-order valence-electron chi connectivity index (χ4n) is 1.90. The molecular formula is C13H15ClN2O2. The summed E-state index contributed by atoms with van der Waals surface area (Å²) in [6, 6.07) is 5.40. The molecule has 0 aliphatic carbocycles. The lowest BCUT2D eigenvalue weighted by atomic mass is 10.3. The van der Waals surface area contributed by atoms with Crippen molar-refractivity contribution in [2.75, 3.05) is 6.61 Å². The minimum absolute atomic E-state index is 0.342. The summed E-state index contributed by atoms with van der Waals surface area (Å²) in [4.78, 5) is 16.2. The average molecular weight is 267 g/mol. The first kappa shape index (κ1) is 12.9. The Kier molecular flexibility index (Phi) is 3.87. The number of aryl methyl sites for hydroxylation is 1. The zero-order valence-corrected chi connectivity index (χ0v) is 11.2. The van der Waals surface area contributed by atoms with Crippen molar-refractivity contribution in [2.24, 2.45) is 0 Å². The van der Waals surface area contributed by atoms with Crippen LogP contribution in [-0.2, 0) is 11.3 Å². The number of nitrogens with zero attached hydrogens (tertiary/aromatic N) is 2. The zero-order chi connectivity index (χ0) is 13.1. The van der Waals surface area contributed by atoms with Crippen molar-refractivity contribution in [1.29, 1.82) is 0 Å². The molecule has 2 rings (SSSR count). The molecule has 2 aromatic rings. The molecule has 0 aliphatic heterocycles. The molecule has 0 saturated carbocycles. The molecule has 1 aromatic heterocycles. The van der Waals surface area contributed by atoms with Crippen LogP contribution < -0.4 is 0 Å². The minimum atomic E-state index is -0.390. The summed E-state index contributed by atoms with van der Waals surface area (Å²) in [5.74, 6) is -0.0470. The Morgan fingerprint density at radius 2 is 2.22 bits per heavy atom. The molecule has 1 aromatic carbocycles. The second kappa shape index (κ2) is 5.40. The second-order valence-electron chi connectivity index (χ2n) is 3.94. The van der Waals surface area contributed by atoms with E-state index < -0.39 is 5.97 Å². The van der Waals surface area contributed by atoms with E-state index in [0.717, 1.165) is 17.5 Å². The lowest BCUT2D eigenvalue weighted by Gasteiger charge is -2.06. The quantitative estimate of drug-likeness (QED) is 0.798. The first-order valence-corrected chi connectivity index (χ1v) is 6.38. The highest BCUT2D eigenvalue weighted by Gasteiger charge is 2.18. The Morgan fingerprint density at radius 1 is 1.44 bits per heavy atom. The molecule has 0 N–H and O–H groups in total. The van der Waals surface area contributed by atoms with Crippen molar-refractivity contribution in [3.05, 3.63) is 29.0 Å².